The van der Waals surface area contributed by atoms with Gasteiger partial charge in [-0.15, -0.1) is 11.8 Å². The zero-order valence-corrected chi connectivity index (χ0v) is 19.4. The van der Waals surface area contributed by atoms with Crippen molar-refractivity contribution in [3.8, 4) is 5.69 Å². The topological polar surface area (TPSA) is 99.4 Å². The van der Waals surface area contributed by atoms with Crippen LogP contribution in [0.15, 0.2) is 44.8 Å². The number of rotatable bonds is 8. The number of halogens is 5. The Bertz CT molecular complexity index is 1260. The van der Waals surface area contributed by atoms with Gasteiger partial charge in [0.05, 0.1) is 23.0 Å². The van der Waals surface area contributed by atoms with Gasteiger partial charge in [-0.1, -0.05) is 18.2 Å². The monoisotopic (exact) mass is 523 g/mol. The lowest BCUT2D eigenvalue weighted by Crippen LogP contribution is -2.41. The number of aromatic nitrogens is 2. The van der Waals surface area contributed by atoms with E-state index in [0.29, 0.717) is 0 Å². The first-order chi connectivity index (χ1) is 15.7. The molecule has 14 heteroatoms. The Morgan fingerprint density at radius 1 is 1.24 bits per heavy atom. The molecular formula is C20H18ClF4N3O5S. The fraction of sp³-hybridized carbons (Fsp3) is 0.300. The number of alkyl halides is 3. The van der Waals surface area contributed by atoms with E-state index in [0.717, 1.165) is 30.9 Å². The van der Waals surface area contributed by atoms with Gasteiger partial charge < -0.3 is 10.1 Å². The van der Waals surface area contributed by atoms with Crippen LogP contribution in [0.1, 0.15) is 12.6 Å². The van der Waals surface area contributed by atoms with E-state index in [1.165, 1.54) is 6.92 Å². The van der Waals surface area contributed by atoms with E-state index in [-0.39, 0.29) is 49.6 Å². The van der Waals surface area contributed by atoms with Crippen LogP contribution in [0.4, 0.5) is 17.6 Å². The summed E-state index contributed by atoms with van der Waals surface area (Å²) in [6.45, 7) is 4.79. The third kappa shape index (κ3) is 6.50. The molecule has 0 aliphatic carbocycles. The predicted molar refractivity (Wildman–Crippen MR) is 117 cm³/mol. The number of carbonyl (C=O) groups excluding carboxylic acids is 2. The molecule has 0 aliphatic rings. The predicted octanol–water partition coefficient (Wildman–Crippen LogP) is 2.68. The second kappa shape index (κ2) is 10.9. The van der Waals surface area contributed by atoms with Crippen LogP contribution < -0.4 is 16.6 Å². The molecule has 0 saturated heterocycles. The first-order valence-electron chi connectivity index (χ1n) is 9.35. The Morgan fingerprint density at radius 2 is 1.88 bits per heavy atom. The van der Waals surface area contributed by atoms with Crippen molar-refractivity contribution in [2.24, 2.45) is 7.05 Å². The molecule has 1 heterocycles. The van der Waals surface area contributed by atoms with Gasteiger partial charge in [-0.2, -0.15) is 13.2 Å². The maximum Gasteiger partial charge on any atom is 0.431 e. The lowest BCUT2D eigenvalue weighted by Gasteiger charge is -2.15. The number of amides is 1. The zero-order valence-electron chi connectivity index (χ0n) is 17.8. The number of carbonyl (C=O) groups is 2. The summed E-state index contributed by atoms with van der Waals surface area (Å²) in [7, 11) is 0.794. The molecule has 0 atom stereocenters. The van der Waals surface area contributed by atoms with Gasteiger partial charge in [-0.25, -0.2) is 18.5 Å². The van der Waals surface area contributed by atoms with E-state index in [1.807, 2.05) is 0 Å². The van der Waals surface area contributed by atoms with Crippen molar-refractivity contribution in [2.45, 2.75) is 18.0 Å². The van der Waals surface area contributed by atoms with Crippen LogP contribution in [-0.4, -0.2) is 39.9 Å². The van der Waals surface area contributed by atoms with Crippen molar-refractivity contribution in [3.63, 3.8) is 0 Å². The lowest BCUT2D eigenvalue weighted by atomic mass is 10.3. The standard InChI is InChI=1S/C20H18ClF4N3O5S/c1-10(2)18(31)33-5-4-26-16(29)9-34-14-7-13(12(22)6-11(14)21)28-17(30)8-15(20(23,24)25)27(3)19(28)32/h6-8H,1,4-5,9H2,2-3H3,(H,26,29). The third-order valence-electron chi connectivity index (χ3n) is 4.22. The van der Waals surface area contributed by atoms with E-state index in [1.54, 1.807) is 0 Å². The first kappa shape index (κ1) is 27.2. The average molecular weight is 524 g/mol. The molecule has 2 aromatic rings. The van der Waals surface area contributed by atoms with Crippen molar-refractivity contribution in [1.82, 2.24) is 14.5 Å². The molecule has 1 aromatic carbocycles. The normalized spacial score (nSPS) is 11.3. The van der Waals surface area contributed by atoms with Crippen LogP contribution in [0.2, 0.25) is 5.02 Å². The molecule has 184 valence electrons. The van der Waals surface area contributed by atoms with Gasteiger partial charge in [0.15, 0.2) is 0 Å². The lowest BCUT2D eigenvalue weighted by molar-refractivity contribution is -0.144. The van der Waals surface area contributed by atoms with Crippen LogP contribution in [-0.2, 0) is 27.5 Å². The average Bonchev–Trinajstić information content (AvgIpc) is 2.73. The Hall–Kier alpha value is -3.06. The molecule has 8 nitrogen and oxygen atoms in total. The fourth-order valence-electron chi connectivity index (χ4n) is 2.57. The molecule has 34 heavy (non-hydrogen) atoms. The van der Waals surface area contributed by atoms with Gasteiger partial charge in [0.1, 0.15) is 18.1 Å². The summed E-state index contributed by atoms with van der Waals surface area (Å²) in [5.41, 5.74) is -4.73. The Labute approximate surface area is 199 Å². The number of hydrogen-bond acceptors (Lipinski definition) is 6. The largest absolute Gasteiger partial charge is 0.460 e. The second-order valence-corrected chi connectivity index (χ2v) is 8.26. The van der Waals surface area contributed by atoms with E-state index in [2.05, 4.69) is 11.9 Å². The maximum atomic E-state index is 14.5. The highest BCUT2D eigenvalue weighted by molar-refractivity contribution is 8.00. The number of thioether (sulfide) groups is 1. The Kier molecular flexibility index (Phi) is 8.72. The quantitative estimate of drug-likeness (QED) is 0.188. The summed E-state index contributed by atoms with van der Waals surface area (Å²) in [4.78, 5) is 48.0. The first-order valence-corrected chi connectivity index (χ1v) is 10.7. The van der Waals surface area contributed by atoms with Gasteiger partial charge >= 0.3 is 17.8 Å². The Morgan fingerprint density at radius 3 is 2.47 bits per heavy atom. The van der Waals surface area contributed by atoms with Crippen molar-refractivity contribution < 1.29 is 31.9 Å². The molecule has 0 saturated carbocycles. The highest BCUT2D eigenvalue weighted by Gasteiger charge is 2.35. The number of ether oxygens (including phenoxy) is 1. The van der Waals surface area contributed by atoms with Crippen LogP contribution >= 0.6 is 23.4 Å². The summed E-state index contributed by atoms with van der Waals surface area (Å²) >= 11 is 6.81. The molecular weight excluding hydrogens is 506 g/mol. The van der Waals surface area contributed by atoms with Crippen molar-refractivity contribution in [2.75, 3.05) is 18.9 Å². The number of nitrogens with zero attached hydrogens (tertiary/aromatic N) is 2. The summed E-state index contributed by atoms with van der Waals surface area (Å²) in [6, 6.07) is 1.94. The molecule has 0 fully saturated rings. The molecule has 1 N–H and O–H groups in total. The van der Waals surface area contributed by atoms with Crippen molar-refractivity contribution >= 4 is 35.2 Å². The van der Waals surface area contributed by atoms with Crippen LogP contribution in [0.3, 0.4) is 0 Å². The second-order valence-electron chi connectivity index (χ2n) is 6.83. The van der Waals surface area contributed by atoms with E-state index in [4.69, 9.17) is 16.3 Å². The van der Waals surface area contributed by atoms with Gasteiger partial charge in [0.25, 0.3) is 5.56 Å². The minimum atomic E-state index is -4.97. The molecule has 1 aromatic heterocycles. The van der Waals surface area contributed by atoms with Crippen molar-refractivity contribution in [1.29, 1.82) is 0 Å². The van der Waals surface area contributed by atoms with E-state index < -0.39 is 46.5 Å². The third-order valence-corrected chi connectivity index (χ3v) is 5.70. The van der Waals surface area contributed by atoms with E-state index in [9.17, 15) is 36.7 Å². The van der Waals surface area contributed by atoms with Crippen LogP contribution in [0, 0.1) is 5.82 Å². The molecule has 2 rings (SSSR count). The van der Waals surface area contributed by atoms with Crippen LogP contribution in [0.5, 0.6) is 0 Å². The minimum Gasteiger partial charge on any atom is -0.460 e. The Balaban J connectivity index is 2.22. The summed E-state index contributed by atoms with van der Waals surface area (Å²) in [5, 5.41) is 2.32. The summed E-state index contributed by atoms with van der Waals surface area (Å²) < 4.78 is 58.8. The van der Waals surface area contributed by atoms with Gasteiger partial charge in [0.2, 0.25) is 5.91 Å². The highest BCUT2D eigenvalue weighted by Crippen LogP contribution is 2.31. The van der Waals surface area contributed by atoms with Gasteiger partial charge in [-0.05, 0) is 19.1 Å². The minimum absolute atomic E-state index is 0.0117. The molecule has 0 bridgehead atoms. The van der Waals surface area contributed by atoms with E-state index >= 15 is 0 Å². The number of nitrogens with one attached hydrogen (secondary N) is 1. The fourth-order valence-corrected chi connectivity index (χ4v) is 3.67. The SMILES string of the molecule is C=C(C)C(=O)OCCNC(=O)CSc1cc(-n2c(=O)cc(C(F)(F)F)n(C)c2=O)c(F)cc1Cl. The molecule has 1 amide bonds. The number of esters is 1. The summed E-state index contributed by atoms with van der Waals surface area (Å²) in [6.07, 6.45) is -4.97. The van der Waals surface area contributed by atoms with Crippen LogP contribution in [0.25, 0.3) is 5.69 Å². The maximum absolute atomic E-state index is 14.5. The zero-order chi connectivity index (χ0) is 25.8. The number of hydrogen-bond donors (Lipinski definition) is 1. The summed E-state index contributed by atoms with van der Waals surface area (Å²) in [5.74, 6) is -2.46. The van der Waals surface area contributed by atoms with Gasteiger partial charge in [-0.3, -0.25) is 14.2 Å². The van der Waals surface area contributed by atoms with Gasteiger partial charge in [0, 0.05) is 23.6 Å². The molecule has 0 spiro atoms. The van der Waals surface area contributed by atoms with Crippen molar-refractivity contribution in [3.05, 3.63) is 67.7 Å². The molecule has 0 unspecified atom stereocenters. The molecule has 0 radical (unpaired) electrons. The highest BCUT2D eigenvalue weighted by atomic mass is 35.5. The smallest absolute Gasteiger partial charge is 0.431 e. The molecule has 0 aliphatic heterocycles. The number of benzene rings is 1.